The molecule has 0 aliphatic heterocycles. The van der Waals surface area contributed by atoms with Crippen LogP contribution >= 0.6 is 11.3 Å². The molecule has 0 N–H and O–H groups in total. The molecule has 0 unspecified atom stereocenters. The summed E-state index contributed by atoms with van der Waals surface area (Å²) in [6.45, 7) is 0. The first-order chi connectivity index (χ1) is 25.3. The second kappa shape index (κ2) is 10.1. The normalized spacial score (nSPS) is 12.3. The van der Waals surface area contributed by atoms with E-state index in [0.29, 0.717) is 0 Å². The third kappa shape index (κ3) is 3.60. The SMILES string of the molecule is c1ccc2c(c1)sc1cccc(N(c3ccc4c5ccccc5c5ccccc5c4c3)c3cccc4c5cccc6c7ccccc7n(c34)c65)c12. The fourth-order valence-electron chi connectivity index (χ4n) is 9.02. The molecule has 0 amide bonds. The number of thiophene rings is 1. The van der Waals surface area contributed by atoms with Gasteiger partial charge in [0.25, 0.3) is 0 Å². The van der Waals surface area contributed by atoms with Crippen molar-refractivity contribution in [2.75, 3.05) is 4.90 Å². The van der Waals surface area contributed by atoms with Gasteiger partial charge in [-0.25, -0.2) is 0 Å². The van der Waals surface area contributed by atoms with Crippen molar-refractivity contribution in [2.45, 2.75) is 0 Å². The van der Waals surface area contributed by atoms with Crippen LogP contribution in [0, 0.1) is 0 Å². The number of hydrogen-bond donors (Lipinski definition) is 0. The highest BCUT2D eigenvalue weighted by Crippen LogP contribution is 2.50. The van der Waals surface area contributed by atoms with Gasteiger partial charge in [0, 0.05) is 47.4 Å². The van der Waals surface area contributed by atoms with Gasteiger partial charge in [-0.1, -0.05) is 127 Å². The topological polar surface area (TPSA) is 7.65 Å². The van der Waals surface area contributed by atoms with Crippen LogP contribution in [0.15, 0.2) is 170 Å². The quantitative estimate of drug-likeness (QED) is 0.171. The molecule has 0 saturated carbocycles. The highest BCUT2D eigenvalue weighted by atomic mass is 32.1. The van der Waals surface area contributed by atoms with Crippen molar-refractivity contribution in [3.8, 4) is 0 Å². The maximum Gasteiger partial charge on any atom is 0.0782 e. The van der Waals surface area contributed by atoms with Gasteiger partial charge in [0.05, 0.1) is 27.9 Å². The predicted octanol–water partition coefficient (Wildman–Crippen LogP) is 14.1. The van der Waals surface area contributed by atoms with Crippen LogP contribution in [-0.2, 0) is 0 Å². The molecule has 236 valence electrons. The first-order valence-corrected chi connectivity index (χ1v) is 18.3. The van der Waals surface area contributed by atoms with E-state index in [9.17, 15) is 0 Å². The zero-order valence-electron chi connectivity index (χ0n) is 27.5. The fraction of sp³-hybridized carbons (Fsp3) is 0. The fourth-order valence-corrected chi connectivity index (χ4v) is 10.1. The van der Waals surface area contributed by atoms with Crippen LogP contribution in [0.25, 0.3) is 90.6 Å². The average molecular weight is 665 g/mol. The zero-order chi connectivity index (χ0) is 33.2. The molecular weight excluding hydrogens is 637 g/mol. The monoisotopic (exact) mass is 664 g/mol. The molecule has 0 radical (unpaired) electrons. The van der Waals surface area contributed by atoms with Crippen molar-refractivity contribution in [3.63, 3.8) is 0 Å². The number of nitrogens with zero attached hydrogens (tertiary/aromatic N) is 2. The molecule has 0 atom stereocenters. The molecule has 2 nitrogen and oxygen atoms in total. The second-order valence-electron chi connectivity index (χ2n) is 13.6. The molecule has 0 saturated heterocycles. The lowest BCUT2D eigenvalue weighted by atomic mass is 9.94. The molecule has 3 heteroatoms. The number of rotatable bonds is 3. The van der Waals surface area contributed by atoms with Gasteiger partial charge in [-0.05, 0) is 74.8 Å². The zero-order valence-corrected chi connectivity index (χ0v) is 28.3. The van der Waals surface area contributed by atoms with E-state index < -0.39 is 0 Å². The standard InChI is InChI=1S/C48H28N2S/c1-2-14-32-30(12-1)31-13-3-4-15-33(31)40-28-29(26-27-34(32)40)49(42-22-11-25-45-46(42)39-17-6-8-24-44(39)51-45)43-23-10-20-38-37-19-9-18-36-35-16-5-7-21-41(35)50(47(36)37)48(38)43/h1-28H. The first-order valence-electron chi connectivity index (χ1n) is 17.5. The number of benzene rings is 9. The molecule has 12 aromatic rings. The first kappa shape index (κ1) is 27.4. The van der Waals surface area contributed by atoms with Crippen molar-refractivity contribution in [1.82, 2.24) is 4.40 Å². The molecule has 3 heterocycles. The second-order valence-corrected chi connectivity index (χ2v) is 14.7. The van der Waals surface area contributed by atoms with Crippen LogP contribution in [-0.4, -0.2) is 4.40 Å². The minimum absolute atomic E-state index is 1.14. The Kier molecular flexibility index (Phi) is 5.41. The predicted molar refractivity (Wildman–Crippen MR) is 221 cm³/mol. The van der Waals surface area contributed by atoms with Crippen LogP contribution in [0.1, 0.15) is 0 Å². The summed E-state index contributed by atoms with van der Waals surface area (Å²) in [5.74, 6) is 0. The largest absolute Gasteiger partial charge is 0.308 e. The molecule has 0 spiro atoms. The molecule has 3 aromatic heterocycles. The van der Waals surface area contributed by atoms with Gasteiger partial charge < -0.3 is 9.30 Å². The maximum atomic E-state index is 2.54. The van der Waals surface area contributed by atoms with Crippen molar-refractivity contribution in [2.24, 2.45) is 0 Å². The van der Waals surface area contributed by atoms with Crippen LogP contribution in [0.2, 0.25) is 0 Å². The van der Waals surface area contributed by atoms with E-state index in [1.54, 1.807) is 0 Å². The summed E-state index contributed by atoms with van der Waals surface area (Å²) < 4.78 is 5.12. The number of para-hydroxylation sites is 3. The van der Waals surface area contributed by atoms with E-state index in [2.05, 4.69) is 179 Å². The number of anilines is 3. The molecule has 0 fully saturated rings. The van der Waals surface area contributed by atoms with Gasteiger partial charge in [0.1, 0.15) is 0 Å². The Morgan fingerprint density at radius 1 is 0.353 bits per heavy atom. The van der Waals surface area contributed by atoms with Gasteiger partial charge in [0.2, 0.25) is 0 Å². The van der Waals surface area contributed by atoms with E-state index in [1.807, 2.05) is 11.3 Å². The smallest absolute Gasteiger partial charge is 0.0782 e. The van der Waals surface area contributed by atoms with E-state index in [0.717, 1.165) is 5.69 Å². The molecule has 0 aliphatic rings. The van der Waals surface area contributed by atoms with Gasteiger partial charge in [0.15, 0.2) is 0 Å². The third-order valence-electron chi connectivity index (χ3n) is 11.1. The number of fused-ring (bicyclic) bond motifs is 15. The Morgan fingerprint density at radius 3 is 1.63 bits per heavy atom. The average Bonchev–Trinajstić information content (AvgIpc) is 3.86. The van der Waals surface area contributed by atoms with E-state index in [1.165, 1.54) is 102 Å². The Morgan fingerprint density at radius 2 is 0.863 bits per heavy atom. The summed E-state index contributed by atoms with van der Waals surface area (Å²) in [6, 6.07) is 63.0. The Labute approximate surface area is 296 Å². The third-order valence-corrected chi connectivity index (χ3v) is 12.2. The van der Waals surface area contributed by atoms with E-state index in [4.69, 9.17) is 0 Å². The molecule has 0 aliphatic carbocycles. The van der Waals surface area contributed by atoms with Gasteiger partial charge in [-0.3, -0.25) is 0 Å². The number of hydrogen-bond acceptors (Lipinski definition) is 2. The summed E-state index contributed by atoms with van der Waals surface area (Å²) in [4.78, 5) is 2.54. The summed E-state index contributed by atoms with van der Waals surface area (Å²) >= 11 is 1.87. The highest BCUT2D eigenvalue weighted by Gasteiger charge is 2.25. The molecule has 9 aromatic carbocycles. The molecule has 0 bridgehead atoms. The van der Waals surface area contributed by atoms with Gasteiger partial charge in [-0.2, -0.15) is 0 Å². The molecule has 12 rings (SSSR count). The van der Waals surface area contributed by atoms with Crippen molar-refractivity contribution >= 4 is 119 Å². The van der Waals surface area contributed by atoms with Crippen molar-refractivity contribution < 1.29 is 0 Å². The van der Waals surface area contributed by atoms with Crippen LogP contribution in [0.3, 0.4) is 0 Å². The highest BCUT2D eigenvalue weighted by molar-refractivity contribution is 7.26. The lowest BCUT2D eigenvalue weighted by molar-refractivity contribution is 1.29. The summed E-state index contributed by atoms with van der Waals surface area (Å²) in [7, 11) is 0. The number of aromatic nitrogens is 1. The summed E-state index contributed by atoms with van der Waals surface area (Å²) in [5.41, 5.74) is 7.25. The lowest BCUT2D eigenvalue weighted by Crippen LogP contribution is -2.11. The summed E-state index contributed by atoms with van der Waals surface area (Å²) in [6.07, 6.45) is 0. The summed E-state index contributed by atoms with van der Waals surface area (Å²) in [5, 5.41) is 15.4. The minimum Gasteiger partial charge on any atom is -0.308 e. The molecular formula is C48H28N2S. The van der Waals surface area contributed by atoms with Crippen LogP contribution < -0.4 is 4.90 Å². The van der Waals surface area contributed by atoms with Crippen LogP contribution in [0.4, 0.5) is 17.1 Å². The Hall–Kier alpha value is -6.42. The van der Waals surface area contributed by atoms with E-state index in [-0.39, 0.29) is 0 Å². The maximum absolute atomic E-state index is 2.54. The van der Waals surface area contributed by atoms with Gasteiger partial charge in [-0.15, -0.1) is 11.3 Å². The van der Waals surface area contributed by atoms with E-state index >= 15 is 0 Å². The Balaban J connectivity index is 1.27. The van der Waals surface area contributed by atoms with Crippen LogP contribution in [0.5, 0.6) is 0 Å². The van der Waals surface area contributed by atoms with Crippen molar-refractivity contribution in [3.05, 3.63) is 170 Å². The Bertz CT molecular complexity index is 3350. The minimum atomic E-state index is 1.14. The van der Waals surface area contributed by atoms with Crippen molar-refractivity contribution in [1.29, 1.82) is 0 Å². The van der Waals surface area contributed by atoms with Gasteiger partial charge >= 0.3 is 0 Å². The lowest BCUT2D eigenvalue weighted by Gasteiger charge is -2.28. The molecule has 51 heavy (non-hydrogen) atoms.